The van der Waals surface area contributed by atoms with Crippen LogP contribution in [0.4, 0.5) is 0 Å². The number of methoxy groups -OCH3 is 1. The van der Waals surface area contributed by atoms with Crippen LogP contribution in [0.2, 0.25) is 0 Å². The number of nitrogens with zero attached hydrogens (tertiary/aromatic N) is 1. The number of thioether (sulfide) groups is 1. The fourth-order valence-corrected chi connectivity index (χ4v) is 2.93. The van der Waals surface area contributed by atoms with Crippen molar-refractivity contribution in [2.24, 2.45) is 4.99 Å². The molecule has 1 atom stereocenters. The lowest BCUT2D eigenvalue weighted by atomic mass is 10.2. The first kappa shape index (κ1) is 18.3. The van der Waals surface area contributed by atoms with Gasteiger partial charge >= 0.3 is 0 Å². The molecule has 6 heteroatoms. The van der Waals surface area contributed by atoms with Gasteiger partial charge in [-0.2, -0.15) is 11.8 Å². The van der Waals surface area contributed by atoms with Crippen molar-refractivity contribution in [1.82, 2.24) is 10.6 Å². The standard InChI is InChI=1S/C12H25N3OS.HI/c1-3-13-12(14-7-5-8-16-2)15-10-11-6-4-9-17-11;/h11H,3-10H2,1-2H3,(H2,13,14,15);1H. The molecule has 2 N–H and O–H groups in total. The number of guanidine groups is 1. The fraction of sp³-hybridized carbons (Fsp3) is 0.917. The summed E-state index contributed by atoms with van der Waals surface area (Å²) < 4.78 is 5.02. The first-order valence-electron chi connectivity index (χ1n) is 6.49. The molecule has 108 valence electrons. The van der Waals surface area contributed by atoms with Gasteiger partial charge in [0.15, 0.2) is 5.96 Å². The van der Waals surface area contributed by atoms with E-state index in [2.05, 4.69) is 34.3 Å². The molecule has 1 aliphatic rings. The van der Waals surface area contributed by atoms with E-state index in [9.17, 15) is 0 Å². The average Bonchev–Trinajstić information content (AvgIpc) is 2.84. The van der Waals surface area contributed by atoms with Crippen LogP contribution >= 0.6 is 35.7 Å². The summed E-state index contributed by atoms with van der Waals surface area (Å²) in [6, 6.07) is 0. The van der Waals surface area contributed by atoms with Gasteiger partial charge in [-0.05, 0) is 31.9 Å². The van der Waals surface area contributed by atoms with Crippen molar-refractivity contribution in [3.63, 3.8) is 0 Å². The highest BCUT2D eigenvalue weighted by molar-refractivity contribution is 14.0. The third-order valence-electron chi connectivity index (χ3n) is 2.64. The van der Waals surface area contributed by atoms with E-state index in [1.807, 2.05) is 0 Å². The molecule has 0 spiro atoms. The molecular formula is C12H26IN3OS. The molecule has 0 bridgehead atoms. The summed E-state index contributed by atoms with van der Waals surface area (Å²) in [6.07, 6.45) is 3.68. The highest BCUT2D eigenvalue weighted by atomic mass is 127. The summed E-state index contributed by atoms with van der Waals surface area (Å²) >= 11 is 2.05. The summed E-state index contributed by atoms with van der Waals surface area (Å²) in [4.78, 5) is 4.63. The third kappa shape index (κ3) is 8.42. The Labute approximate surface area is 132 Å². The Morgan fingerprint density at radius 3 is 2.89 bits per heavy atom. The topological polar surface area (TPSA) is 45.7 Å². The van der Waals surface area contributed by atoms with Crippen molar-refractivity contribution < 1.29 is 4.74 Å². The lowest BCUT2D eigenvalue weighted by molar-refractivity contribution is 0.195. The number of hydrogen-bond donors (Lipinski definition) is 2. The number of ether oxygens (including phenoxy) is 1. The molecule has 0 aromatic carbocycles. The quantitative estimate of drug-likeness (QED) is 0.304. The van der Waals surface area contributed by atoms with Crippen LogP contribution < -0.4 is 10.6 Å². The number of rotatable bonds is 7. The fourth-order valence-electron chi connectivity index (χ4n) is 1.75. The second-order valence-corrected chi connectivity index (χ2v) is 5.54. The molecule has 4 nitrogen and oxygen atoms in total. The minimum Gasteiger partial charge on any atom is -0.385 e. The molecule has 1 unspecified atom stereocenters. The Kier molecular flexibility index (Phi) is 12.6. The molecule has 1 aliphatic heterocycles. The molecule has 1 heterocycles. The van der Waals surface area contributed by atoms with Crippen LogP contribution in [0, 0.1) is 0 Å². The summed E-state index contributed by atoms with van der Waals surface area (Å²) in [5, 5.41) is 7.33. The molecular weight excluding hydrogens is 361 g/mol. The lowest BCUT2D eigenvalue weighted by Gasteiger charge is -2.12. The minimum atomic E-state index is 0. The van der Waals surface area contributed by atoms with Crippen molar-refractivity contribution in [2.45, 2.75) is 31.4 Å². The van der Waals surface area contributed by atoms with Crippen LogP contribution in [-0.4, -0.2) is 50.3 Å². The molecule has 1 rings (SSSR count). The highest BCUT2D eigenvalue weighted by Crippen LogP contribution is 2.25. The number of aliphatic imine (C=N–C) groups is 1. The maximum Gasteiger partial charge on any atom is 0.191 e. The first-order valence-corrected chi connectivity index (χ1v) is 7.54. The van der Waals surface area contributed by atoms with Crippen LogP contribution in [0.3, 0.4) is 0 Å². The van der Waals surface area contributed by atoms with E-state index >= 15 is 0 Å². The molecule has 18 heavy (non-hydrogen) atoms. The van der Waals surface area contributed by atoms with E-state index in [1.165, 1.54) is 18.6 Å². The summed E-state index contributed by atoms with van der Waals surface area (Å²) in [5.41, 5.74) is 0. The largest absolute Gasteiger partial charge is 0.385 e. The SMILES string of the molecule is CCNC(=NCC1CCCS1)NCCCOC.I. The normalized spacial score (nSPS) is 19.4. The molecule has 0 aliphatic carbocycles. The maximum absolute atomic E-state index is 5.02. The Balaban J connectivity index is 0.00000289. The van der Waals surface area contributed by atoms with Gasteiger partial charge in [0.2, 0.25) is 0 Å². The van der Waals surface area contributed by atoms with Crippen LogP contribution in [-0.2, 0) is 4.74 Å². The van der Waals surface area contributed by atoms with Gasteiger partial charge < -0.3 is 15.4 Å². The third-order valence-corrected chi connectivity index (χ3v) is 4.02. The van der Waals surface area contributed by atoms with E-state index < -0.39 is 0 Å². The minimum absolute atomic E-state index is 0. The maximum atomic E-state index is 5.02. The van der Waals surface area contributed by atoms with Crippen molar-refractivity contribution in [3.05, 3.63) is 0 Å². The van der Waals surface area contributed by atoms with Crippen LogP contribution in [0.5, 0.6) is 0 Å². The second kappa shape index (κ2) is 12.3. The van der Waals surface area contributed by atoms with Gasteiger partial charge in [0, 0.05) is 32.1 Å². The van der Waals surface area contributed by atoms with Gasteiger partial charge in [0.25, 0.3) is 0 Å². The van der Waals surface area contributed by atoms with Gasteiger partial charge in [0.1, 0.15) is 0 Å². The predicted molar refractivity (Wildman–Crippen MR) is 91.4 cm³/mol. The monoisotopic (exact) mass is 387 g/mol. The average molecular weight is 387 g/mol. The predicted octanol–water partition coefficient (Wildman–Crippen LogP) is 2.09. The zero-order valence-corrected chi connectivity index (χ0v) is 14.6. The van der Waals surface area contributed by atoms with Gasteiger partial charge in [-0.15, -0.1) is 24.0 Å². The summed E-state index contributed by atoms with van der Waals surface area (Å²) in [5.74, 6) is 2.24. The van der Waals surface area contributed by atoms with Crippen LogP contribution in [0.1, 0.15) is 26.2 Å². The number of nitrogens with one attached hydrogen (secondary N) is 2. The molecule has 1 saturated heterocycles. The van der Waals surface area contributed by atoms with E-state index in [1.54, 1.807) is 7.11 Å². The highest BCUT2D eigenvalue weighted by Gasteiger charge is 2.14. The lowest BCUT2D eigenvalue weighted by Crippen LogP contribution is -2.38. The van der Waals surface area contributed by atoms with Gasteiger partial charge in [0.05, 0.1) is 6.54 Å². The van der Waals surface area contributed by atoms with Crippen molar-refractivity contribution in [1.29, 1.82) is 0 Å². The summed E-state index contributed by atoms with van der Waals surface area (Å²) in [7, 11) is 1.73. The zero-order valence-electron chi connectivity index (χ0n) is 11.4. The Hall–Kier alpha value is 0.310. The van der Waals surface area contributed by atoms with Gasteiger partial charge in [-0.1, -0.05) is 0 Å². The molecule has 0 aromatic heterocycles. The van der Waals surface area contributed by atoms with Crippen LogP contribution in [0.25, 0.3) is 0 Å². The smallest absolute Gasteiger partial charge is 0.191 e. The van der Waals surface area contributed by atoms with E-state index in [0.29, 0.717) is 0 Å². The molecule has 0 saturated carbocycles. The van der Waals surface area contributed by atoms with E-state index in [4.69, 9.17) is 4.74 Å². The Morgan fingerprint density at radius 2 is 2.28 bits per heavy atom. The van der Waals surface area contributed by atoms with Crippen molar-refractivity contribution in [2.75, 3.05) is 39.1 Å². The van der Waals surface area contributed by atoms with E-state index in [-0.39, 0.29) is 24.0 Å². The van der Waals surface area contributed by atoms with E-state index in [0.717, 1.165) is 43.9 Å². The summed E-state index contributed by atoms with van der Waals surface area (Å²) in [6.45, 7) is 5.65. The second-order valence-electron chi connectivity index (χ2n) is 4.13. The van der Waals surface area contributed by atoms with Crippen molar-refractivity contribution >= 4 is 41.7 Å². The Morgan fingerprint density at radius 1 is 1.44 bits per heavy atom. The molecule has 0 radical (unpaired) electrons. The van der Waals surface area contributed by atoms with Crippen LogP contribution in [0.15, 0.2) is 4.99 Å². The van der Waals surface area contributed by atoms with Gasteiger partial charge in [-0.3, -0.25) is 4.99 Å². The molecule has 0 aromatic rings. The first-order chi connectivity index (χ1) is 8.36. The number of halogens is 1. The molecule has 0 amide bonds. The zero-order chi connectivity index (χ0) is 12.3. The molecule has 1 fully saturated rings. The van der Waals surface area contributed by atoms with Crippen molar-refractivity contribution in [3.8, 4) is 0 Å². The number of hydrogen-bond acceptors (Lipinski definition) is 3. The van der Waals surface area contributed by atoms with Gasteiger partial charge in [-0.25, -0.2) is 0 Å². The Bertz CT molecular complexity index is 223.